The highest BCUT2D eigenvalue weighted by Gasteiger charge is 2.08. The second kappa shape index (κ2) is 4.07. The SMILES string of the molecule is CC(=O)c1cccc(-c2cnn3cccnc23)c1. The number of hydrogen-bond donors (Lipinski definition) is 0. The summed E-state index contributed by atoms with van der Waals surface area (Å²) in [5, 5.41) is 4.24. The normalized spacial score (nSPS) is 10.7. The van der Waals surface area contributed by atoms with Crippen LogP contribution in [-0.2, 0) is 0 Å². The molecule has 0 amide bonds. The van der Waals surface area contributed by atoms with Gasteiger partial charge in [-0.1, -0.05) is 18.2 Å². The summed E-state index contributed by atoms with van der Waals surface area (Å²) in [4.78, 5) is 15.7. The van der Waals surface area contributed by atoms with Crippen LogP contribution in [0.3, 0.4) is 0 Å². The first kappa shape index (κ1) is 10.7. The number of carbonyl (C=O) groups is 1. The van der Waals surface area contributed by atoms with Gasteiger partial charge in [-0.25, -0.2) is 9.50 Å². The second-order valence-electron chi connectivity index (χ2n) is 4.08. The molecule has 88 valence electrons. The van der Waals surface area contributed by atoms with Gasteiger partial charge < -0.3 is 0 Å². The van der Waals surface area contributed by atoms with Crippen LogP contribution in [-0.4, -0.2) is 20.4 Å². The minimum atomic E-state index is 0.0567. The molecular weight excluding hydrogens is 226 g/mol. The fourth-order valence-electron chi connectivity index (χ4n) is 1.94. The molecule has 0 aliphatic carbocycles. The highest BCUT2D eigenvalue weighted by atomic mass is 16.1. The predicted octanol–water partition coefficient (Wildman–Crippen LogP) is 2.60. The lowest BCUT2D eigenvalue weighted by Gasteiger charge is -2.01. The minimum Gasteiger partial charge on any atom is -0.295 e. The first-order valence-electron chi connectivity index (χ1n) is 5.65. The van der Waals surface area contributed by atoms with E-state index < -0.39 is 0 Å². The van der Waals surface area contributed by atoms with Crippen molar-refractivity contribution in [3.8, 4) is 11.1 Å². The van der Waals surface area contributed by atoms with Gasteiger partial charge in [0.05, 0.1) is 6.20 Å². The zero-order valence-corrected chi connectivity index (χ0v) is 9.87. The molecule has 0 aliphatic rings. The summed E-state index contributed by atoms with van der Waals surface area (Å²) >= 11 is 0. The van der Waals surface area contributed by atoms with E-state index in [2.05, 4.69) is 10.1 Å². The van der Waals surface area contributed by atoms with E-state index in [0.29, 0.717) is 5.56 Å². The highest BCUT2D eigenvalue weighted by Crippen LogP contribution is 2.23. The van der Waals surface area contributed by atoms with Gasteiger partial charge in [-0.3, -0.25) is 4.79 Å². The summed E-state index contributed by atoms with van der Waals surface area (Å²) in [6.45, 7) is 1.56. The molecule has 4 nitrogen and oxygen atoms in total. The van der Waals surface area contributed by atoms with Crippen LogP contribution in [0.5, 0.6) is 0 Å². The molecule has 18 heavy (non-hydrogen) atoms. The molecule has 0 fully saturated rings. The molecule has 3 rings (SSSR count). The summed E-state index contributed by atoms with van der Waals surface area (Å²) in [5.74, 6) is 0.0567. The van der Waals surface area contributed by atoms with E-state index in [0.717, 1.165) is 16.8 Å². The second-order valence-corrected chi connectivity index (χ2v) is 4.08. The fraction of sp³-hybridized carbons (Fsp3) is 0.0714. The quantitative estimate of drug-likeness (QED) is 0.643. The molecular formula is C14H11N3O. The predicted molar refractivity (Wildman–Crippen MR) is 68.4 cm³/mol. The van der Waals surface area contributed by atoms with Crippen molar-refractivity contribution in [2.75, 3.05) is 0 Å². The van der Waals surface area contributed by atoms with Gasteiger partial charge in [0.15, 0.2) is 11.4 Å². The monoisotopic (exact) mass is 237 g/mol. The van der Waals surface area contributed by atoms with Crippen molar-refractivity contribution in [3.05, 3.63) is 54.5 Å². The molecule has 0 spiro atoms. The Labute approximate surface area is 104 Å². The van der Waals surface area contributed by atoms with Gasteiger partial charge in [0.25, 0.3) is 0 Å². The summed E-state index contributed by atoms with van der Waals surface area (Å²) in [6.07, 6.45) is 5.34. The molecule has 0 saturated carbocycles. The lowest BCUT2D eigenvalue weighted by molar-refractivity contribution is 0.101. The van der Waals surface area contributed by atoms with E-state index in [9.17, 15) is 4.79 Å². The van der Waals surface area contributed by atoms with Crippen LogP contribution in [0.15, 0.2) is 48.9 Å². The fourth-order valence-corrected chi connectivity index (χ4v) is 1.94. The number of rotatable bonds is 2. The Bertz CT molecular complexity index is 730. The number of hydrogen-bond acceptors (Lipinski definition) is 3. The molecule has 0 bridgehead atoms. The van der Waals surface area contributed by atoms with Crippen LogP contribution >= 0.6 is 0 Å². The van der Waals surface area contributed by atoms with Gasteiger partial charge in [0.2, 0.25) is 0 Å². The van der Waals surface area contributed by atoms with Crippen molar-refractivity contribution in [2.45, 2.75) is 6.92 Å². The van der Waals surface area contributed by atoms with Crippen LogP contribution in [0.4, 0.5) is 0 Å². The molecule has 0 saturated heterocycles. The van der Waals surface area contributed by atoms with E-state index in [-0.39, 0.29) is 5.78 Å². The Morgan fingerprint density at radius 2 is 2.17 bits per heavy atom. The Morgan fingerprint density at radius 1 is 1.28 bits per heavy atom. The Kier molecular flexibility index (Phi) is 2.41. The van der Waals surface area contributed by atoms with Crippen molar-refractivity contribution < 1.29 is 4.79 Å². The standard InChI is InChI=1S/C14H11N3O/c1-10(18)11-4-2-5-12(8-11)13-9-16-17-7-3-6-15-14(13)17/h2-9H,1H3. The molecule has 3 aromatic rings. The third kappa shape index (κ3) is 1.68. The van der Waals surface area contributed by atoms with Gasteiger partial charge in [-0.2, -0.15) is 5.10 Å². The van der Waals surface area contributed by atoms with Crippen LogP contribution < -0.4 is 0 Å². The van der Waals surface area contributed by atoms with Gasteiger partial charge in [0, 0.05) is 23.5 Å². The largest absolute Gasteiger partial charge is 0.295 e. The van der Waals surface area contributed by atoms with Crippen molar-refractivity contribution in [1.82, 2.24) is 14.6 Å². The van der Waals surface area contributed by atoms with E-state index in [1.807, 2.05) is 36.5 Å². The molecule has 0 unspecified atom stereocenters. The lowest BCUT2D eigenvalue weighted by atomic mass is 10.0. The van der Waals surface area contributed by atoms with Gasteiger partial charge >= 0.3 is 0 Å². The number of carbonyl (C=O) groups excluding carboxylic acids is 1. The molecule has 0 radical (unpaired) electrons. The topological polar surface area (TPSA) is 47.3 Å². The van der Waals surface area contributed by atoms with Gasteiger partial charge in [-0.05, 0) is 24.6 Å². The Hall–Kier alpha value is -2.49. The van der Waals surface area contributed by atoms with Gasteiger partial charge in [-0.15, -0.1) is 0 Å². The number of nitrogens with zero attached hydrogens (tertiary/aromatic N) is 3. The maximum Gasteiger partial charge on any atom is 0.162 e. The van der Waals surface area contributed by atoms with E-state index >= 15 is 0 Å². The average Bonchev–Trinajstić information content (AvgIpc) is 2.82. The smallest absolute Gasteiger partial charge is 0.162 e. The van der Waals surface area contributed by atoms with E-state index in [1.165, 1.54) is 0 Å². The summed E-state index contributed by atoms with van der Waals surface area (Å²) in [7, 11) is 0. The molecule has 2 aromatic heterocycles. The number of fused-ring (bicyclic) bond motifs is 1. The average molecular weight is 237 g/mol. The molecule has 2 heterocycles. The van der Waals surface area contributed by atoms with Crippen LogP contribution in [0.25, 0.3) is 16.8 Å². The summed E-state index contributed by atoms with van der Waals surface area (Å²) in [5.41, 5.74) is 3.37. The number of benzene rings is 1. The zero-order valence-electron chi connectivity index (χ0n) is 9.87. The molecule has 0 atom stereocenters. The van der Waals surface area contributed by atoms with E-state index in [4.69, 9.17) is 0 Å². The summed E-state index contributed by atoms with van der Waals surface area (Å²) in [6, 6.07) is 9.34. The molecule has 0 N–H and O–H groups in total. The van der Waals surface area contributed by atoms with Crippen LogP contribution in [0.2, 0.25) is 0 Å². The third-order valence-electron chi connectivity index (χ3n) is 2.86. The van der Waals surface area contributed by atoms with Crippen molar-refractivity contribution in [2.24, 2.45) is 0 Å². The minimum absolute atomic E-state index is 0.0567. The number of Topliss-reactive ketones (excluding diaryl/α,β-unsaturated/α-hetero) is 1. The first-order chi connectivity index (χ1) is 8.75. The molecule has 1 aromatic carbocycles. The Balaban J connectivity index is 2.20. The van der Waals surface area contributed by atoms with Crippen LogP contribution in [0, 0.1) is 0 Å². The lowest BCUT2D eigenvalue weighted by Crippen LogP contribution is -1.92. The Morgan fingerprint density at radius 3 is 3.00 bits per heavy atom. The number of aromatic nitrogens is 3. The van der Waals surface area contributed by atoms with Crippen molar-refractivity contribution in [1.29, 1.82) is 0 Å². The maximum absolute atomic E-state index is 11.4. The van der Waals surface area contributed by atoms with E-state index in [1.54, 1.807) is 23.8 Å². The van der Waals surface area contributed by atoms with Crippen molar-refractivity contribution in [3.63, 3.8) is 0 Å². The maximum atomic E-state index is 11.4. The molecule has 0 aliphatic heterocycles. The third-order valence-corrected chi connectivity index (χ3v) is 2.86. The molecule has 4 heteroatoms. The van der Waals surface area contributed by atoms with Crippen molar-refractivity contribution >= 4 is 11.4 Å². The zero-order chi connectivity index (χ0) is 12.5. The van der Waals surface area contributed by atoms with Gasteiger partial charge in [0.1, 0.15) is 0 Å². The number of ketones is 1. The highest BCUT2D eigenvalue weighted by molar-refractivity contribution is 5.95. The van der Waals surface area contributed by atoms with Crippen LogP contribution in [0.1, 0.15) is 17.3 Å². The summed E-state index contributed by atoms with van der Waals surface area (Å²) < 4.78 is 1.72. The first-order valence-corrected chi connectivity index (χ1v) is 5.65.